The van der Waals surface area contributed by atoms with Crippen LogP contribution in [0, 0.1) is 5.92 Å². The molecule has 1 heterocycles. The number of hydrogen-bond donors (Lipinski definition) is 1. The van der Waals surface area contributed by atoms with Crippen LogP contribution in [0.4, 0.5) is 0 Å². The molecule has 0 aliphatic rings. The van der Waals surface area contributed by atoms with E-state index in [9.17, 15) is 4.79 Å². The first kappa shape index (κ1) is 10.7. The Morgan fingerprint density at radius 1 is 1.77 bits per heavy atom. The van der Waals surface area contributed by atoms with Gasteiger partial charge in [-0.05, 0) is 21.8 Å². The van der Waals surface area contributed by atoms with Gasteiger partial charge >= 0.3 is 0 Å². The van der Waals surface area contributed by atoms with Gasteiger partial charge in [-0.1, -0.05) is 13.8 Å². The van der Waals surface area contributed by atoms with E-state index in [-0.39, 0.29) is 5.91 Å². The van der Waals surface area contributed by atoms with Gasteiger partial charge in [-0.25, -0.2) is 4.98 Å². The molecule has 3 nitrogen and oxygen atoms in total. The molecule has 0 saturated heterocycles. The summed E-state index contributed by atoms with van der Waals surface area (Å²) in [5.41, 5.74) is 0. The Morgan fingerprint density at radius 3 is 2.92 bits per heavy atom. The van der Waals surface area contributed by atoms with Gasteiger partial charge in [0.05, 0.1) is 6.20 Å². The van der Waals surface area contributed by atoms with Gasteiger partial charge in [0, 0.05) is 6.54 Å². The number of hydrogen-bond acceptors (Lipinski definition) is 3. The van der Waals surface area contributed by atoms with E-state index in [0.717, 1.165) is 3.92 Å². The first-order valence-electron chi connectivity index (χ1n) is 3.99. The van der Waals surface area contributed by atoms with E-state index in [2.05, 4.69) is 40.1 Å². The van der Waals surface area contributed by atoms with Crippen LogP contribution in [-0.4, -0.2) is 17.4 Å². The van der Waals surface area contributed by atoms with E-state index in [1.54, 1.807) is 6.20 Å². The summed E-state index contributed by atoms with van der Waals surface area (Å²) >= 11 is 4.55. The molecule has 0 fully saturated rings. The number of thiazole rings is 1. The lowest BCUT2D eigenvalue weighted by Gasteiger charge is -2.04. The van der Waals surface area contributed by atoms with Crippen molar-refractivity contribution in [2.75, 3.05) is 6.54 Å². The van der Waals surface area contributed by atoms with Crippen LogP contribution in [0.15, 0.2) is 10.1 Å². The second-order valence-electron chi connectivity index (χ2n) is 3.08. The predicted octanol–water partition coefficient (Wildman–Crippen LogP) is 2.29. The number of aromatic nitrogens is 1. The fraction of sp³-hybridized carbons (Fsp3) is 0.500. The molecular formula is C8H11BrN2OS. The zero-order valence-corrected chi connectivity index (χ0v) is 9.91. The van der Waals surface area contributed by atoms with Gasteiger partial charge in [-0.3, -0.25) is 4.79 Å². The van der Waals surface area contributed by atoms with Gasteiger partial charge in [0.15, 0.2) is 3.92 Å². The second kappa shape index (κ2) is 4.72. The highest BCUT2D eigenvalue weighted by Gasteiger charge is 2.08. The third kappa shape index (κ3) is 3.44. The standard InChI is InChI=1S/C8H11BrN2OS/c1-5(2)3-10-7(12)6-4-11-8(9)13-6/h4-5H,3H2,1-2H3,(H,10,12). The van der Waals surface area contributed by atoms with Crippen molar-refractivity contribution in [3.05, 3.63) is 15.0 Å². The highest BCUT2D eigenvalue weighted by molar-refractivity contribution is 9.11. The number of nitrogens with one attached hydrogen (secondary N) is 1. The smallest absolute Gasteiger partial charge is 0.263 e. The summed E-state index contributed by atoms with van der Waals surface area (Å²) in [6.07, 6.45) is 1.57. The summed E-state index contributed by atoms with van der Waals surface area (Å²) in [6, 6.07) is 0. The fourth-order valence-electron chi connectivity index (χ4n) is 0.742. The fourth-order valence-corrected chi connectivity index (χ4v) is 1.92. The second-order valence-corrected chi connectivity index (χ2v) is 5.39. The Bertz CT molecular complexity index is 298. The molecule has 72 valence electrons. The van der Waals surface area contributed by atoms with E-state index in [1.807, 2.05) is 0 Å². The van der Waals surface area contributed by atoms with Crippen molar-refractivity contribution in [3.8, 4) is 0 Å². The van der Waals surface area contributed by atoms with Gasteiger partial charge in [0.25, 0.3) is 5.91 Å². The van der Waals surface area contributed by atoms with Crippen molar-refractivity contribution in [1.82, 2.24) is 10.3 Å². The lowest BCUT2D eigenvalue weighted by Crippen LogP contribution is -2.26. The van der Waals surface area contributed by atoms with Crippen LogP contribution in [0.5, 0.6) is 0 Å². The molecular weight excluding hydrogens is 252 g/mol. The average molecular weight is 263 g/mol. The van der Waals surface area contributed by atoms with Crippen molar-refractivity contribution >= 4 is 33.2 Å². The van der Waals surface area contributed by atoms with E-state index in [4.69, 9.17) is 0 Å². The molecule has 0 aromatic carbocycles. The van der Waals surface area contributed by atoms with Crippen LogP contribution in [0.3, 0.4) is 0 Å². The molecule has 1 rings (SSSR count). The monoisotopic (exact) mass is 262 g/mol. The summed E-state index contributed by atoms with van der Waals surface area (Å²) in [5, 5.41) is 2.82. The van der Waals surface area contributed by atoms with Gasteiger partial charge in [0.2, 0.25) is 0 Å². The molecule has 1 amide bonds. The molecule has 0 atom stereocenters. The molecule has 0 bridgehead atoms. The Labute approximate surface area is 89.7 Å². The SMILES string of the molecule is CC(C)CNC(=O)c1cnc(Br)s1. The number of carbonyl (C=O) groups excluding carboxylic acids is 1. The maximum Gasteiger partial charge on any atom is 0.263 e. The number of rotatable bonds is 3. The van der Waals surface area contributed by atoms with Crippen LogP contribution in [-0.2, 0) is 0 Å². The summed E-state index contributed by atoms with van der Waals surface area (Å²) in [6.45, 7) is 4.82. The zero-order chi connectivity index (χ0) is 9.84. The number of halogens is 1. The Morgan fingerprint density at radius 2 is 2.46 bits per heavy atom. The van der Waals surface area contributed by atoms with Crippen LogP contribution in [0.25, 0.3) is 0 Å². The topological polar surface area (TPSA) is 42.0 Å². The largest absolute Gasteiger partial charge is 0.351 e. The van der Waals surface area contributed by atoms with Gasteiger partial charge in [-0.2, -0.15) is 0 Å². The first-order valence-corrected chi connectivity index (χ1v) is 5.60. The molecule has 0 saturated carbocycles. The maximum absolute atomic E-state index is 11.4. The van der Waals surface area contributed by atoms with Gasteiger partial charge < -0.3 is 5.32 Å². The molecule has 0 radical (unpaired) electrons. The van der Waals surface area contributed by atoms with E-state index in [1.165, 1.54) is 11.3 Å². The Hall–Kier alpha value is -0.420. The van der Waals surface area contributed by atoms with Crippen molar-refractivity contribution < 1.29 is 4.79 Å². The van der Waals surface area contributed by atoms with Crippen molar-refractivity contribution in [1.29, 1.82) is 0 Å². The first-order chi connectivity index (χ1) is 6.09. The molecule has 1 aromatic rings. The van der Waals surface area contributed by atoms with Crippen LogP contribution < -0.4 is 5.32 Å². The Balaban J connectivity index is 2.49. The summed E-state index contributed by atoms with van der Waals surface area (Å²) in [4.78, 5) is 16.0. The van der Waals surface area contributed by atoms with Crippen molar-refractivity contribution in [2.45, 2.75) is 13.8 Å². The predicted molar refractivity (Wildman–Crippen MR) is 57.0 cm³/mol. The van der Waals surface area contributed by atoms with E-state index < -0.39 is 0 Å². The van der Waals surface area contributed by atoms with Crippen molar-refractivity contribution in [2.24, 2.45) is 5.92 Å². The summed E-state index contributed by atoms with van der Waals surface area (Å²) in [7, 11) is 0. The van der Waals surface area contributed by atoms with Gasteiger partial charge in [-0.15, -0.1) is 11.3 Å². The third-order valence-corrected chi connectivity index (χ3v) is 2.85. The van der Waals surface area contributed by atoms with E-state index >= 15 is 0 Å². The molecule has 1 aromatic heterocycles. The number of amides is 1. The normalized spacial score (nSPS) is 10.5. The highest BCUT2D eigenvalue weighted by atomic mass is 79.9. The molecule has 13 heavy (non-hydrogen) atoms. The quantitative estimate of drug-likeness (QED) is 0.909. The molecule has 0 aliphatic heterocycles. The molecule has 0 unspecified atom stereocenters. The minimum atomic E-state index is -0.0445. The molecule has 1 N–H and O–H groups in total. The zero-order valence-electron chi connectivity index (χ0n) is 7.50. The number of carbonyl (C=O) groups is 1. The van der Waals surface area contributed by atoms with Gasteiger partial charge in [0.1, 0.15) is 4.88 Å². The highest BCUT2D eigenvalue weighted by Crippen LogP contribution is 2.17. The molecule has 5 heteroatoms. The Kier molecular flexibility index (Phi) is 3.87. The lowest BCUT2D eigenvalue weighted by atomic mass is 10.2. The maximum atomic E-state index is 11.4. The number of nitrogens with zero attached hydrogens (tertiary/aromatic N) is 1. The van der Waals surface area contributed by atoms with E-state index in [0.29, 0.717) is 17.3 Å². The average Bonchev–Trinajstić information content (AvgIpc) is 2.47. The minimum Gasteiger partial charge on any atom is -0.351 e. The van der Waals surface area contributed by atoms with Crippen LogP contribution >= 0.6 is 27.3 Å². The summed E-state index contributed by atoms with van der Waals surface area (Å²) < 4.78 is 0.738. The van der Waals surface area contributed by atoms with Crippen LogP contribution in [0.2, 0.25) is 0 Å². The molecule has 0 aliphatic carbocycles. The van der Waals surface area contributed by atoms with Crippen molar-refractivity contribution in [3.63, 3.8) is 0 Å². The van der Waals surface area contributed by atoms with Crippen LogP contribution in [0.1, 0.15) is 23.5 Å². The lowest BCUT2D eigenvalue weighted by molar-refractivity contribution is 0.0953. The third-order valence-electron chi connectivity index (χ3n) is 1.37. The minimum absolute atomic E-state index is 0.0445. The molecule has 0 spiro atoms. The summed E-state index contributed by atoms with van der Waals surface area (Å²) in [5.74, 6) is 0.428.